The van der Waals surface area contributed by atoms with E-state index in [1.54, 1.807) is 12.1 Å². The molecule has 0 radical (unpaired) electrons. The second-order valence-electron chi connectivity index (χ2n) is 4.76. The van der Waals surface area contributed by atoms with Crippen molar-refractivity contribution < 1.29 is 5.11 Å². The Hall–Kier alpha value is -1.80. The molecule has 0 unspecified atom stereocenters. The molecule has 2 N–H and O–H groups in total. The van der Waals surface area contributed by atoms with E-state index in [9.17, 15) is 5.11 Å². The molecule has 2 rings (SSSR count). The predicted molar refractivity (Wildman–Crippen MR) is 79.3 cm³/mol. The van der Waals surface area contributed by atoms with Crippen LogP contribution in [0.4, 0.5) is 0 Å². The maximum absolute atomic E-state index is 9.20. The molecule has 2 aromatic carbocycles. The zero-order valence-corrected chi connectivity index (χ0v) is 11.4. The zero-order valence-electron chi connectivity index (χ0n) is 11.4. The summed E-state index contributed by atoms with van der Waals surface area (Å²) < 4.78 is 0. The first-order valence-corrected chi connectivity index (χ1v) is 6.84. The van der Waals surface area contributed by atoms with Crippen LogP contribution in [-0.4, -0.2) is 11.7 Å². The maximum Gasteiger partial charge on any atom is 0.115 e. The Labute approximate surface area is 115 Å². The quantitative estimate of drug-likeness (QED) is 0.776. The molecular formula is C17H21NO. The average Bonchev–Trinajstić information content (AvgIpc) is 2.46. The van der Waals surface area contributed by atoms with Gasteiger partial charge in [-0.3, -0.25) is 0 Å². The Morgan fingerprint density at radius 2 is 1.42 bits per heavy atom. The normalized spacial score (nSPS) is 10.6. The van der Waals surface area contributed by atoms with Gasteiger partial charge in [-0.1, -0.05) is 43.3 Å². The Morgan fingerprint density at radius 1 is 0.842 bits per heavy atom. The first kappa shape index (κ1) is 13.6. The Kier molecular flexibility index (Phi) is 4.99. The van der Waals surface area contributed by atoms with Gasteiger partial charge in [0.1, 0.15) is 5.75 Å². The average molecular weight is 255 g/mol. The highest BCUT2D eigenvalue weighted by Crippen LogP contribution is 2.09. The van der Waals surface area contributed by atoms with Crippen molar-refractivity contribution in [1.82, 2.24) is 5.32 Å². The van der Waals surface area contributed by atoms with E-state index in [1.165, 1.54) is 16.7 Å². The summed E-state index contributed by atoms with van der Waals surface area (Å²) in [6.07, 6.45) is 2.07. The van der Waals surface area contributed by atoms with Crippen molar-refractivity contribution in [3.8, 4) is 5.75 Å². The van der Waals surface area contributed by atoms with Crippen LogP contribution in [0.1, 0.15) is 23.6 Å². The van der Waals surface area contributed by atoms with E-state index in [0.29, 0.717) is 5.75 Å². The molecule has 0 atom stereocenters. The van der Waals surface area contributed by atoms with Crippen LogP contribution in [-0.2, 0) is 19.4 Å². The number of nitrogens with one attached hydrogen (secondary N) is 1. The van der Waals surface area contributed by atoms with Gasteiger partial charge in [0, 0.05) is 6.54 Å². The third kappa shape index (κ3) is 4.42. The van der Waals surface area contributed by atoms with Crippen LogP contribution in [0.15, 0.2) is 48.5 Å². The van der Waals surface area contributed by atoms with Gasteiger partial charge >= 0.3 is 0 Å². The molecule has 0 saturated carbocycles. The van der Waals surface area contributed by atoms with Crippen molar-refractivity contribution in [2.24, 2.45) is 0 Å². The summed E-state index contributed by atoms with van der Waals surface area (Å²) in [5.74, 6) is 0.327. The third-order valence-corrected chi connectivity index (χ3v) is 3.29. The first-order chi connectivity index (χ1) is 9.28. The number of phenols is 1. The highest BCUT2D eigenvalue weighted by Gasteiger charge is 1.95. The molecule has 0 aliphatic heterocycles. The summed E-state index contributed by atoms with van der Waals surface area (Å²) >= 11 is 0. The molecule has 0 spiro atoms. The fourth-order valence-corrected chi connectivity index (χ4v) is 2.02. The molecular weight excluding hydrogens is 234 g/mol. The van der Waals surface area contributed by atoms with Gasteiger partial charge in [-0.15, -0.1) is 0 Å². The summed E-state index contributed by atoms with van der Waals surface area (Å²) in [5, 5.41) is 12.6. The summed E-state index contributed by atoms with van der Waals surface area (Å²) in [6, 6.07) is 16.2. The molecule has 100 valence electrons. The summed E-state index contributed by atoms with van der Waals surface area (Å²) in [4.78, 5) is 0. The van der Waals surface area contributed by atoms with Gasteiger partial charge in [-0.05, 0) is 48.2 Å². The van der Waals surface area contributed by atoms with Gasteiger partial charge < -0.3 is 10.4 Å². The summed E-state index contributed by atoms with van der Waals surface area (Å²) in [7, 11) is 0. The van der Waals surface area contributed by atoms with Crippen LogP contribution in [0.3, 0.4) is 0 Å². The van der Waals surface area contributed by atoms with Crippen LogP contribution < -0.4 is 5.32 Å². The lowest BCUT2D eigenvalue weighted by Crippen LogP contribution is -2.16. The van der Waals surface area contributed by atoms with Crippen molar-refractivity contribution >= 4 is 0 Å². The van der Waals surface area contributed by atoms with Gasteiger partial charge in [0.05, 0.1) is 0 Å². The minimum Gasteiger partial charge on any atom is -0.508 e. The predicted octanol–water partition coefficient (Wildman–Crippen LogP) is 3.29. The fraction of sp³-hybridized carbons (Fsp3) is 0.294. The van der Waals surface area contributed by atoms with Crippen molar-refractivity contribution in [3.63, 3.8) is 0 Å². The topological polar surface area (TPSA) is 32.3 Å². The van der Waals surface area contributed by atoms with Gasteiger partial charge in [0.2, 0.25) is 0 Å². The largest absolute Gasteiger partial charge is 0.508 e. The van der Waals surface area contributed by atoms with Gasteiger partial charge in [0.15, 0.2) is 0 Å². The number of benzene rings is 2. The molecule has 2 nitrogen and oxygen atoms in total. The number of aromatic hydroxyl groups is 1. The Balaban J connectivity index is 1.72. The van der Waals surface area contributed by atoms with E-state index >= 15 is 0 Å². The van der Waals surface area contributed by atoms with Crippen LogP contribution in [0.2, 0.25) is 0 Å². The van der Waals surface area contributed by atoms with E-state index in [4.69, 9.17) is 0 Å². The third-order valence-electron chi connectivity index (χ3n) is 3.29. The molecule has 19 heavy (non-hydrogen) atoms. The van der Waals surface area contributed by atoms with Crippen molar-refractivity contribution in [2.45, 2.75) is 26.3 Å². The Bertz CT molecular complexity index is 488. The van der Waals surface area contributed by atoms with Crippen molar-refractivity contribution in [1.29, 1.82) is 0 Å². The highest BCUT2D eigenvalue weighted by atomic mass is 16.3. The van der Waals surface area contributed by atoms with E-state index in [0.717, 1.165) is 25.9 Å². The van der Waals surface area contributed by atoms with E-state index in [-0.39, 0.29) is 0 Å². The van der Waals surface area contributed by atoms with Gasteiger partial charge in [0.25, 0.3) is 0 Å². The van der Waals surface area contributed by atoms with E-state index in [2.05, 4.69) is 36.5 Å². The SMILES string of the molecule is CCc1ccc(CNCCc2ccc(O)cc2)cc1. The van der Waals surface area contributed by atoms with Gasteiger partial charge in [-0.2, -0.15) is 0 Å². The smallest absolute Gasteiger partial charge is 0.115 e. The minimum atomic E-state index is 0.327. The molecule has 0 aromatic heterocycles. The lowest BCUT2D eigenvalue weighted by Gasteiger charge is -2.06. The van der Waals surface area contributed by atoms with E-state index < -0.39 is 0 Å². The number of aryl methyl sites for hydroxylation is 1. The molecule has 0 bridgehead atoms. The van der Waals surface area contributed by atoms with Crippen LogP contribution in [0.25, 0.3) is 0 Å². The molecule has 0 aliphatic carbocycles. The zero-order chi connectivity index (χ0) is 13.5. The lowest BCUT2D eigenvalue weighted by atomic mass is 10.1. The van der Waals surface area contributed by atoms with Crippen LogP contribution in [0.5, 0.6) is 5.75 Å². The Morgan fingerprint density at radius 3 is 2.05 bits per heavy atom. The molecule has 2 aromatic rings. The molecule has 2 heteroatoms. The van der Waals surface area contributed by atoms with Gasteiger partial charge in [-0.25, -0.2) is 0 Å². The standard InChI is InChI=1S/C17H21NO/c1-2-14-3-5-16(6-4-14)13-18-12-11-15-7-9-17(19)10-8-15/h3-10,18-19H,2,11-13H2,1H3. The molecule has 0 saturated heterocycles. The van der Waals surface area contributed by atoms with Crippen molar-refractivity contribution in [3.05, 3.63) is 65.2 Å². The lowest BCUT2D eigenvalue weighted by molar-refractivity contribution is 0.475. The summed E-state index contributed by atoms with van der Waals surface area (Å²) in [6.45, 7) is 4.02. The highest BCUT2D eigenvalue weighted by molar-refractivity contribution is 5.26. The van der Waals surface area contributed by atoms with Crippen LogP contribution >= 0.6 is 0 Å². The molecule has 0 aliphatic rings. The summed E-state index contributed by atoms with van der Waals surface area (Å²) in [5.41, 5.74) is 3.95. The minimum absolute atomic E-state index is 0.327. The van der Waals surface area contributed by atoms with Crippen LogP contribution in [0, 0.1) is 0 Å². The second kappa shape index (κ2) is 6.95. The number of hydrogen-bond acceptors (Lipinski definition) is 2. The monoisotopic (exact) mass is 255 g/mol. The number of phenolic OH excluding ortho intramolecular Hbond substituents is 1. The number of rotatable bonds is 6. The van der Waals surface area contributed by atoms with E-state index in [1.807, 2.05) is 12.1 Å². The molecule has 0 amide bonds. The second-order valence-corrected chi connectivity index (χ2v) is 4.76. The number of hydrogen-bond donors (Lipinski definition) is 2. The fourth-order valence-electron chi connectivity index (χ4n) is 2.02. The molecule has 0 fully saturated rings. The van der Waals surface area contributed by atoms with Crippen molar-refractivity contribution in [2.75, 3.05) is 6.54 Å². The first-order valence-electron chi connectivity index (χ1n) is 6.84. The molecule has 0 heterocycles. The maximum atomic E-state index is 9.20.